The van der Waals surface area contributed by atoms with Gasteiger partial charge in [-0.2, -0.15) is 0 Å². The molecule has 0 aliphatic rings. The van der Waals surface area contributed by atoms with Crippen molar-refractivity contribution < 1.29 is 24.1 Å². The van der Waals surface area contributed by atoms with Gasteiger partial charge >= 0.3 is 37.7 Å². The van der Waals surface area contributed by atoms with Crippen molar-refractivity contribution in [2.45, 2.75) is 6.92 Å². The summed E-state index contributed by atoms with van der Waals surface area (Å²) >= 11 is 1.68. The average Bonchev–Trinajstić information content (AvgIpc) is 1.37. The van der Waals surface area contributed by atoms with Gasteiger partial charge in [-0.1, -0.05) is 0 Å². The molecule has 31 valence electrons. The van der Waals surface area contributed by atoms with Crippen molar-refractivity contribution in [3.05, 3.63) is 0 Å². The molecule has 5 heavy (non-hydrogen) atoms. The second kappa shape index (κ2) is 8.94. The Bertz CT molecular complexity index is 11.6. The van der Waals surface area contributed by atoms with Crippen molar-refractivity contribution in [2.75, 3.05) is 6.61 Å². The van der Waals surface area contributed by atoms with E-state index in [9.17, 15) is 0 Å². The third-order valence-electron chi connectivity index (χ3n) is 0.144. The zero-order valence-electron chi connectivity index (χ0n) is 3.02. The minimum absolute atomic E-state index is 0. The Morgan fingerprint density at radius 1 is 1.80 bits per heavy atom. The standard InChI is InChI=1S/C2H5O.BrH.Ti/c1-2-3;;/h2H2,1H3;1H;/q-1;;+1. The summed E-state index contributed by atoms with van der Waals surface area (Å²) in [5.41, 5.74) is 0. The summed E-state index contributed by atoms with van der Waals surface area (Å²) in [5.74, 6) is 0. The maximum atomic E-state index is 4.54. The van der Waals surface area contributed by atoms with Crippen LogP contribution in [0.5, 0.6) is 0 Å². The Balaban J connectivity index is 0. The average molecular weight is 174 g/mol. The van der Waals surface area contributed by atoms with Crippen molar-refractivity contribution in [1.29, 1.82) is 0 Å². The Morgan fingerprint density at radius 3 is 2.00 bits per heavy atom. The SMILES string of the molecule is Br.CC[O][Ti]. The van der Waals surface area contributed by atoms with Gasteiger partial charge in [-0.15, -0.1) is 17.0 Å². The molecule has 1 nitrogen and oxygen atoms in total. The molecule has 3 heteroatoms. The van der Waals surface area contributed by atoms with Crippen molar-refractivity contribution in [3.63, 3.8) is 0 Å². The Labute approximate surface area is 54.7 Å². The first-order valence-corrected chi connectivity index (χ1v) is 1.84. The van der Waals surface area contributed by atoms with Gasteiger partial charge in [-0.3, -0.25) is 0 Å². The van der Waals surface area contributed by atoms with Crippen LogP contribution < -0.4 is 0 Å². The zero-order chi connectivity index (χ0) is 3.41. The van der Waals surface area contributed by atoms with Crippen LogP contribution in [0.3, 0.4) is 0 Å². The Kier molecular flexibility index (Phi) is 16.9. The molecule has 0 atom stereocenters. The molecule has 0 spiro atoms. The van der Waals surface area contributed by atoms with Gasteiger partial charge in [-0.05, 0) is 0 Å². The molecule has 0 aliphatic heterocycles. The minimum atomic E-state index is 0. The van der Waals surface area contributed by atoms with Gasteiger partial charge < -0.3 is 0 Å². The van der Waals surface area contributed by atoms with Gasteiger partial charge in [0.1, 0.15) is 0 Å². The van der Waals surface area contributed by atoms with Crippen LogP contribution in [0.2, 0.25) is 0 Å². The molecule has 0 saturated heterocycles. The molecule has 0 aromatic heterocycles. The maximum absolute atomic E-state index is 4.54. The van der Waals surface area contributed by atoms with E-state index in [1.807, 2.05) is 6.92 Å². The van der Waals surface area contributed by atoms with Crippen LogP contribution >= 0.6 is 17.0 Å². The summed E-state index contributed by atoms with van der Waals surface area (Å²) in [6.45, 7) is 2.78. The summed E-state index contributed by atoms with van der Waals surface area (Å²) < 4.78 is 4.54. The second-order valence-corrected chi connectivity index (χ2v) is 0.884. The predicted octanol–water partition coefficient (Wildman–Crippen LogP) is 1.06. The number of halogens is 1. The van der Waals surface area contributed by atoms with E-state index in [0.717, 1.165) is 6.61 Å². The fraction of sp³-hybridized carbons (Fsp3) is 1.00. The number of rotatable bonds is 1. The van der Waals surface area contributed by atoms with E-state index >= 15 is 0 Å². The van der Waals surface area contributed by atoms with Crippen LogP contribution in [0.15, 0.2) is 0 Å². The second-order valence-electron chi connectivity index (χ2n) is 0.433. The molecule has 0 rings (SSSR count). The van der Waals surface area contributed by atoms with Crippen LogP contribution in [-0.4, -0.2) is 6.61 Å². The zero-order valence-corrected chi connectivity index (χ0v) is 6.30. The van der Waals surface area contributed by atoms with E-state index in [1.54, 1.807) is 20.8 Å². The molecule has 0 aromatic carbocycles. The van der Waals surface area contributed by atoms with E-state index < -0.39 is 0 Å². The molecule has 0 saturated carbocycles. The number of hydrogen-bond donors (Lipinski definition) is 0. The summed E-state index contributed by atoms with van der Waals surface area (Å²) in [6, 6.07) is 0. The van der Waals surface area contributed by atoms with Crippen LogP contribution in [0, 0.1) is 0 Å². The third kappa shape index (κ3) is 11.1. The predicted molar refractivity (Wildman–Crippen MR) is 21.9 cm³/mol. The molecule has 0 amide bonds. The first kappa shape index (κ1) is 9.47. The van der Waals surface area contributed by atoms with E-state index in [4.69, 9.17) is 0 Å². The molecule has 0 aliphatic carbocycles. The van der Waals surface area contributed by atoms with Crippen LogP contribution in [0.1, 0.15) is 6.92 Å². The van der Waals surface area contributed by atoms with Crippen molar-refractivity contribution in [1.82, 2.24) is 0 Å². The normalized spacial score (nSPS) is 5.60. The van der Waals surface area contributed by atoms with Gasteiger partial charge in [0.2, 0.25) is 0 Å². The van der Waals surface area contributed by atoms with Crippen molar-refractivity contribution >= 4 is 17.0 Å². The van der Waals surface area contributed by atoms with Crippen molar-refractivity contribution in [3.8, 4) is 0 Å². The molecule has 0 radical (unpaired) electrons. The first-order valence-electron chi connectivity index (χ1n) is 1.20. The van der Waals surface area contributed by atoms with Crippen molar-refractivity contribution in [2.24, 2.45) is 0 Å². The van der Waals surface area contributed by atoms with Gasteiger partial charge in [0.15, 0.2) is 0 Å². The third-order valence-corrected chi connectivity index (χ3v) is 0.595. The monoisotopic (exact) mass is 173 g/mol. The summed E-state index contributed by atoms with van der Waals surface area (Å²) in [4.78, 5) is 0. The van der Waals surface area contributed by atoms with Gasteiger partial charge in [0.05, 0.1) is 0 Å². The summed E-state index contributed by atoms with van der Waals surface area (Å²) in [7, 11) is 0. The van der Waals surface area contributed by atoms with Gasteiger partial charge in [0.25, 0.3) is 0 Å². The molecule has 0 unspecified atom stereocenters. The van der Waals surface area contributed by atoms with E-state index in [0.29, 0.717) is 0 Å². The van der Waals surface area contributed by atoms with Crippen LogP contribution in [0.25, 0.3) is 0 Å². The quantitative estimate of drug-likeness (QED) is 0.540. The topological polar surface area (TPSA) is 9.23 Å². The van der Waals surface area contributed by atoms with Gasteiger partial charge in [0, 0.05) is 0 Å². The van der Waals surface area contributed by atoms with E-state index in [2.05, 4.69) is 3.32 Å². The Morgan fingerprint density at radius 2 is 2.00 bits per heavy atom. The molecule has 0 aromatic rings. The molecular formula is C2H6BrOTi. The summed E-state index contributed by atoms with van der Waals surface area (Å²) in [6.07, 6.45) is 0. The summed E-state index contributed by atoms with van der Waals surface area (Å²) in [5, 5.41) is 0. The molecule has 0 bridgehead atoms. The molecule has 0 N–H and O–H groups in total. The molecule has 0 heterocycles. The molecular weight excluding hydrogens is 168 g/mol. The Hall–Kier alpha value is 1.15. The van der Waals surface area contributed by atoms with Crippen LogP contribution in [-0.2, 0) is 24.1 Å². The first-order chi connectivity index (χ1) is 1.91. The molecule has 0 fully saturated rings. The number of hydrogen-bond acceptors (Lipinski definition) is 1. The van der Waals surface area contributed by atoms with Crippen LogP contribution in [0.4, 0.5) is 0 Å². The van der Waals surface area contributed by atoms with Gasteiger partial charge in [-0.25, -0.2) is 0 Å². The fourth-order valence-electron chi connectivity index (χ4n) is 0. The van der Waals surface area contributed by atoms with E-state index in [1.165, 1.54) is 0 Å². The fourth-order valence-corrected chi connectivity index (χ4v) is 0. The van der Waals surface area contributed by atoms with E-state index in [-0.39, 0.29) is 17.0 Å².